The summed E-state index contributed by atoms with van der Waals surface area (Å²) in [7, 11) is 0. The summed E-state index contributed by atoms with van der Waals surface area (Å²) in [5, 5.41) is 25.3. The van der Waals surface area contributed by atoms with Gasteiger partial charge in [0.05, 0.1) is 27.3 Å². The Morgan fingerprint density at radius 1 is 1.34 bits per heavy atom. The van der Waals surface area contributed by atoms with Gasteiger partial charge in [-0.25, -0.2) is 9.79 Å². The monoisotopic (exact) mass is 470 g/mol. The molecular weight excluding hydrogens is 454 g/mol. The molecule has 9 nitrogen and oxygen atoms in total. The summed E-state index contributed by atoms with van der Waals surface area (Å²) in [6.45, 7) is 3.55. The van der Waals surface area contributed by atoms with E-state index in [1.807, 2.05) is 17.5 Å². The van der Waals surface area contributed by atoms with Crippen LogP contribution in [0.2, 0.25) is 0 Å². The van der Waals surface area contributed by atoms with Crippen LogP contribution in [0.3, 0.4) is 0 Å². The van der Waals surface area contributed by atoms with Gasteiger partial charge in [0.1, 0.15) is 6.04 Å². The topological polar surface area (TPSA) is 127 Å². The summed E-state index contributed by atoms with van der Waals surface area (Å²) >= 11 is 2.44. The molecule has 1 aliphatic heterocycles. The molecule has 3 heterocycles. The minimum absolute atomic E-state index is 0.0264. The van der Waals surface area contributed by atoms with Crippen LogP contribution in [0.5, 0.6) is 5.75 Å². The number of nitro groups is 1. The van der Waals surface area contributed by atoms with Crippen LogP contribution in [-0.2, 0) is 9.53 Å². The van der Waals surface area contributed by atoms with Crippen molar-refractivity contribution < 1.29 is 19.6 Å². The lowest BCUT2D eigenvalue weighted by molar-refractivity contribution is -0.398. The number of nitro benzene ring substituents is 1. The van der Waals surface area contributed by atoms with Crippen LogP contribution in [-0.4, -0.2) is 22.1 Å². The first-order valence-electron chi connectivity index (χ1n) is 9.51. The molecule has 1 aliphatic rings. The highest BCUT2D eigenvalue weighted by molar-refractivity contribution is 7.10. The number of carbonyl (C=O) groups excluding carboxylic acids is 1. The van der Waals surface area contributed by atoms with Gasteiger partial charge in [0, 0.05) is 10.9 Å². The van der Waals surface area contributed by atoms with Gasteiger partial charge < -0.3 is 9.84 Å². The van der Waals surface area contributed by atoms with E-state index in [4.69, 9.17) is 4.74 Å². The van der Waals surface area contributed by atoms with E-state index < -0.39 is 33.9 Å². The third-order valence-corrected chi connectivity index (χ3v) is 6.75. The van der Waals surface area contributed by atoms with Gasteiger partial charge in [-0.2, -0.15) is 0 Å². The molecule has 0 saturated carbocycles. The zero-order chi connectivity index (χ0) is 23.0. The Labute approximate surface area is 189 Å². The second-order valence-electron chi connectivity index (χ2n) is 6.77. The normalized spacial score (nSPS) is 15.9. The fraction of sp³-hybridized carbons (Fsp3) is 0.190. The lowest BCUT2D eigenvalue weighted by Gasteiger charge is -2.23. The lowest BCUT2D eigenvalue weighted by atomic mass is 10.0. The van der Waals surface area contributed by atoms with Crippen molar-refractivity contribution in [2.24, 2.45) is 4.99 Å². The number of benzene rings is 1. The molecule has 32 heavy (non-hydrogen) atoms. The fourth-order valence-electron chi connectivity index (χ4n) is 3.45. The minimum Gasteiger partial charge on any atom is -0.867 e. The Balaban J connectivity index is 1.95. The van der Waals surface area contributed by atoms with Crippen molar-refractivity contribution >= 4 is 40.4 Å². The van der Waals surface area contributed by atoms with E-state index >= 15 is 0 Å². The molecule has 0 spiro atoms. The van der Waals surface area contributed by atoms with Crippen LogP contribution in [0.25, 0.3) is 6.08 Å². The average molecular weight is 471 g/mol. The number of nitrogens with zero attached hydrogens (tertiary/aromatic N) is 3. The molecule has 4 rings (SSSR count). The Kier molecular flexibility index (Phi) is 5.76. The minimum atomic E-state index is -0.776. The predicted octanol–water partition coefficient (Wildman–Crippen LogP) is 1.84. The lowest BCUT2D eigenvalue weighted by Crippen LogP contribution is -2.39. The van der Waals surface area contributed by atoms with E-state index in [0.717, 1.165) is 22.3 Å². The Hall–Kier alpha value is -3.57. The molecule has 2 aromatic heterocycles. The van der Waals surface area contributed by atoms with Crippen LogP contribution < -0.4 is 20.0 Å². The second kappa shape index (κ2) is 8.52. The first kappa shape index (κ1) is 21.7. The summed E-state index contributed by atoms with van der Waals surface area (Å²) < 4.78 is 6.80. The number of allylic oxidation sites excluding steroid dienone is 1. The number of thiophene rings is 1. The van der Waals surface area contributed by atoms with Crippen molar-refractivity contribution in [2.75, 3.05) is 6.61 Å². The zero-order valence-electron chi connectivity index (χ0n) is 16.9. The van der Waals surface area contributed by atoms with E-state index in [9.17, 15) is 24.8 Å². The molecule has 1 aromatic carbocycles. The summed E-state index contributed by atoms with van der Waals surface area (Å²) in [6.07, 6.45) is 1.33. The Morgan fingerprint density at radius 2 is 2.12 bits per heavy atom. The first-order chi connectivity index (χ1) is 15.3. The molecule has 0 fully saturated rings. The van der Waals surface area contributed by atoms with Gasteiger partial charge >= 0.3 is 5.97 Å². The number of hydrogen-bond donors (Lipinski definition) is 0. The molecule has 11 heteroatoms. The van der Waals surface area contributed by atoms with Gasteiger partial charge in [-0.15, -0.1) is 11.3 Å². The number of hydrogen-bond acceptors (Lipinski definition) is 9. The molecule has 0 N–H and O–H groups in total. The van der Waals surface area contributed by atoms with Crippen molar-refractivity contribution in [1.29, 1.82) is 0 Å². The van der Waals surface area contributed by atoms with Gasteiger partial charge in [0.15, 0.2) is 4.80 Å². The largest absolute Gasteiger partial charge is 0.867 e. The van der Waals surface area contributed by atoms with E-state index in [2.05, 4.69) is 4.99 Å². The van der Waals surface area contributed by atoms with E-state index in [-0.39, 0.29) is 22.3 Å². The maximum atomic E-state index is 13.4. The van der Waals surface area contributed by atoms with Crippen LogP contribution >= 0.6 is 22.7 Å². The summed E-state index contributed by atoms with van der Waals surface area (Å²) in [4.78, 5) is 42.0. The molecule has 3 aromatic rings. The van der Waals surface area contributed by atoms with Gasteiger partial charge in [0.25, 0.3) is 11.2 Å². The highest BCUT2D eigenvalue weighted by Crippen LogP contribution is 2.33. The van der Waals surface area contributed by atoms with Crippen molar-refractivity contribution in [1.82, 2.24) is 4.57 Å². The summed E-state index contributed by atoms with van der Waals surface area (Å²) in [6, 6.07) is 6.85. The third kappa shape index (κ3) is 3.65. The predicted molar refractivity (Wildman–Crippen MR) is 117 cm³/mol. The van der Waals surface area contributed by atoms with Crippen molar-refractivity contribution in [3.8, 4) is 5.75 Å². The Morgan fingerprint density at radius 3 is 2.78 bits per heavy atom. The molecule has 0 saturated heterocycles. The molecule has 0 aliphatic carbocycles. The molecule has 0 bridgehead atoms. The molecular formula is C21H16N3O6S2-. The SMILES string of the molecule is CCOC(=O)C1=C(C)N=c2s/c(=C/c3cccc([N+](=O)[O-])c3[O-])c(=O)n2[C@H]1c1cccs1. The third-order valence-electron chi connectivity index (χ3n) is 4.84. The molecule has 1 atom stereocenters. The number of aromatic nitrogens is 1. The maximum Gasteiger partial charge on any atom is 0.338 e. The standard InChI is InChI=1S/C21H17N3O6S2/c1-3-30-20(27)16-11(2)22-21-23(17(16)14-8-5-9-31-14)19(26)15(32-21)10-12-6-4-7-13(18(12)25)24(28)29/h4-10,17,25H,3H2,1-2H3/p-1/b15-10+/t17-/m0/s1. The number of carbonyl (C=O) groups is 1. The number of fused-ring (bicyclic) bond motifs is 1. The fourth-order valence-corrected chi connectivity index (χ4v) is 5.31. The van der Waals surface area contributed by atoms with Gasteiger partial charge in [0.2, 0.25) is 0 Å². The van der Waals surface area contributed by atoms with E-state index in [1.165, 1.54) is 34.1 Å². The smallest absolute Gasteiger partial charge is 0.338 e. The van der Waals surface area contributed by atoms with Crippen molar-refractivity contribution in [3.63, 3.8) is 0 Å². The van der Waals surface area contributed by atoms with Crippen LogP contribution in [0.1, 0.15) is 30.3 Å². The van der Waals surface area contributed by atoms with E-state index in [0.29, 0.717) is 10.5 Å². The maximum absolute atomic E-state index is 13.4. The first-order valence-corrected chi connectivity index (χ1v) is 11.2. The molecule has 0 unspecified atom stereocenters. The summed E-state index contributed by atoms with van der Waals surface area (Å²) in [5.41, 5.74) is -0.281. The number of rotatable bonds is 5. The van der Waals surface area contributed by atoms with Gasteiger partial charge in [-0.05, 0) is 42.7 Å². The van der Waals surface area contributed by atoms with Gasteiger partial charge in [-0.1, -0.05) is 29.5 Å². The zero-order valence-corrected chi connectivity index (χ0v) is 18.6. The van der Waals surface area contributed by atoms with E-state index in [1.54, 1.807) is 13.8 Å². The molecule has 0 radical (unpaired) electrons. The number of esters is 1. The van der Waals surface area contributed by atoms with Crippen LogP contribution in [0.4, 0.5) is 5.69 Å². The highest BCUT2D eigenvalue weighted by atomic mass is 32.1. The van der Waals surface area contributed by atoms with Gasteiger partial charge in [-0.3, -0.25) is 19.5 Å². The number of thiazole rings is 1. The molecule has 164 valence electrons. The molecule has 0 amide bonds. The van der Waals surface area contributed by atoms with Crippen LogP contribution in [0.15, 0.2) is 56.8 Å². The second-order valence-corrected chi connectivity index (χ2v) is 8.76. The van der Waals surface area contributed by atoms with Crippen molar-refractivity contribution in [3.05, 3.63) is 87.2 Å². The van der Waals surface area contributed by atoms with Crippen molar-refractivity contribution in [2.45, 2.75) is 19.9 Å². The Bertz CT molecular complexity index is 1430. The summed E-state index contributed by atoms with van der Waals surface area (Å²) in [5.74, 6) is -1.33. The number of para-hydroxylation sites is 1. The quantitative estimate of drug-likeness (QED) is 0.318. The van der Waals surface area contributed by atoms with Crippen LogP contribution in [0, 0.1) is 10.1 Å². The number of ether oxygens (including phenoxy) is 1. The highest BCUT2D eigenvalue weighted by Gasteiger charge is 2.33. The average Bonchev–Trinajstić information content (AvgIpc) is 3.37.